The maximum Gasteiger partial charge on any atom is 0.230 e. The van der Waals surface area contributed by atoms with Crippen molar-refractivity contribution in [2.45, 2.75) is 24.6 Å². The number of hydrogen-bond donors (Lipinski definition) is 1. The van der Waals surface area contributed by atoms with Gasteiger partial charge in [-0.3, -0.25) is 4.79 Å². The molecule has 1 amide bonds. The quantitative estimate of drug-likeness (QED) is 0.850. The third-order valence-corrected chi connectivity index (χ3v) is 7.48. The van der Waals surface area contributed by atoms with Gasteiger partial charge in [0.2, 0.25) is 5.91 Å². The van der Waals surface area contributed by atoms with Crippen LogP contribution in [0.15, 0.2) is 18.2 Å². The summed E-state index contributed by atoms with van der Waals surface area (Å²) in [6, 6.07) is 5.05. The maximum atomic E-state index is 12.0. The van der Waals surface area contributed by atoms with Crippen molar-refractivity contribution in [3.05, 3.63) is 33.8 Å². The van der Waals surface area contributed by atoms with Gasteiger partial charge in [0, 0.05) is 5.25 Å². The van der Waals surface area contributed by atoms with Crippen molar-refractivity contribution >= 4 is 50.7 Å². The van der Waals surface area contributed by atoms with E-state index in [0.717, 1.165) is 5.56 Å². The highest BCUT2D eigenvalue weighted by Gasteiger charge is 2.28. The summed E-state index contributed by atoms with van der Waals surface area (Å²) in [5.74, 6) is 0.540. The van der Waals surface area contributed by atoms with E-state index in [-0.39, 0.29) is 34.5 Å². The molecule has 0 bridgehead atoms. The lowest BCUT2D eigenvalue weighted by atomic mass is 10.1. The number of halogens is 2. The first-order chi connectivity index (χ1) is 10.3. The highest BCUT2D eigenvalue weighted by atomic mass is 35.5. The van der Waals surface area contributed by atoms with Crippen molar-refractivity contribution in [1.29, 1.82) is 0 Å². The van der Waals surface area contributed by atoms with Gasteiger partial charge in [-0.05, 0) is 31.0 Å². The first-order valence-electron chi connectivity index (χ1n) is 6.83. The topological polar surface area (TPSA) is 63.2 Å². The van der Waals surface area contributed by atoms with E-state index in [1.807, 2.05) is 13.0 Å². The van der Waals surface area contributed by atoms with E-state index in [0.29, 0.717) is 16.5 Å². The minimum atomic E-state index is -2.90. The Labute approximate surface area is 144 Å². The lowest BCUT2D eigenvalue weighted by molar-refractivity contribution is -0.119. The SMILES string of the molecule is CC(NC(=O)CSC1CCS(=O)(=O)C1)c1ccc(Cl)c(Cl)c1. The Bertz CT molecular complexity index is 664. The Kier molecular flexibility index (Phi) is 6.05. The highest BCUT2D eigenvalue weighted by molar-refractivity contribution is 8.02. The Morgan fingerprint density at radius 2 is 2.14 bits per heavy atom. The van der Waals surface area contributed by atoms with Crippen LogP contribution < -0.4 is 5.32 Å². The van der Waals surface area contributed by atoms with Gasteiger partial charge in [0.25, 0.3) is 0 Å². The van der Waals surface area contributed by atoms with Crippen LogP contribution in [0.4, 0.5) is 0 Å². The summed E-state index contributed by atoms with van der Waals surface area (Å²) in [7, 11) is -2.90. The van der Waals surface area contributed by atoms with E-state index in [4.69, 9.17) is 23.2 Å². The van der Waals surface area contributed by atoms with Gasteiger partial charge in [-0.25, -0.2) is 8.42 Å². The molecule has 0 aromatic heterocycles. The zero-order valence-corrected chi connectivity index (χ0v) is 15.2. The highest BCUT2D eigenvalue weighted by Crippen LogP contribution is 2.26. The van der Waals surface area contributed by atoms with Gasteiger partial charge in [-0.2, -0.15) is 0 Å². The van der Waals surface area contributed by atoms with Crippen molar-refractivity contribution < 1.29 is 13.2 Å². The van der Waals surface area contributed by atoms with Crippen molar-refractivity contribution in [2.24, 2.45) is 0 Å². The summed E-state index contributed by atoms with van der Waals surface area (Å²) < 4.78 is 22.7. The molecule has 1 fully saturated rings. The molecule has 1 N–H and O–H groups in total. The summed E-state index contributed by atoms with van der Waals surface area (Å²) in [6.45, 7) is 1.86. The molecule has 1 aromatic rings. The van der Waals surface area contributed by atoms with Gasteiger partial charge in [0.15, 0.2) is 9.84 Å². The average Bonchev–Trinajstić information content (AvgIpc) is 2.79. The number of amides is 1. The van der Waals surface area contributed by atoms with Crippen LogP contribution in [0, 0.1) is 0 Å². The summed E-state index contributed by atoms with van der Waals surface area (Å²) >= 11 is 13.2. The third-order valence-electron chi connectivity index (χ3n) is 3.46. The van der Waals surface area contributed by atoms with Gasteiger partial charge < -0.3 is 5.32 Å². The van der Waals surface area contributed by atoms with E-state index < -0.39 is 9.84 Å². The number of carbonyl (C=O) groups is 1. The minimum Gasteiger partial charge on any atom is -0.349 e. The van der Waals surface area contributed by atoms with Crippen molar-refractivity contribution in [3.8, 4) is 0 Å². The summed E-state index contributed by atoms with van der Waals surface area (Å²) in [4.78, 5) is 12.0. The molecule has 1 heterocycles. The van der Waals surface area contributed by atoms with Gasteiger partial charge in [-0.1, -0.05) is 29.3 Å². The number of thioether (sulfide) groups is 1. The molecule has 0 aliphatic carbocycles. The van der Waals surface area contributed by atoms with E-state index in [2.05, 4.69) is 5.32 Å². The average molecular weight is 382 g/mol. The smallest absolute Gasteiger partial charge is 0.230 e. The molecule has 1 aliphatic heterocycles. The number of benzene rings is 1. The summed E-state index contributed by atoms with van der Waals surface area (Å²) in [6.07, 6.45) is 0.628. The molecule has 2 unspecified atom stereocenters. The van der Waals surface area contributed by atoms with E-state index >= 15 is 0 Å². The first kappa shape index (κ1) is 17.9. The Balaban J connectivity index is 1.82. The minimum absolute atomic E-state index is 0.0241. The first-order valence-corrected chi connectivity index (χ1v) is 10.5. The fraction of sp³-hybridized carbons (Fsp3) is 0.500. The fourth-order valence-corrected chi connectivity index (χ4v) is 6.00. The molecule has 22 heavy (non-hydrogen) atoms. The predicted octanol–water partition coefficient (Wildman–Crippen LogP) is 3.09. The van der Waals surface area contributed by atoms with Gasteiger partial charge in [-0.15, -0.1) is 11.8 Å². The van der Waals surface area contributed by atoms with Gasteiger partial charge in [0.05, 0.1) is 33.3 Å². The van der Waals surface area contributed by atoms with E-state index in [1.165, 1.54) is 11.8 Å². The number of nitrogens with one attached hydrogen (secondary N) is 1. The van der Waals surface area contributed by atoms with Crippen LogP contribution in [-0.2, 0) is 14.6 Å². The molecule has 2 atom stereocenters. The summed E-state index contributed by atoms with van der Waals surface area (Å²) in [5.41, 5.74) is 0.871. The van der Waals surface area contributed by atoms with Crippen LogP contribution >= 0.6 is 35.0 Å². The standard InChI is InChI=1S/C14H17Cl2NO3S2/c1-9(10-2-3-12(15)13(16)6-10)17-14(18)7-21-11-4-5-22(19,20)8-11/h2-3,6,9,11H,4-5,7-8H2,1H3,(H,17,18). The number of carbonyl (C=O) groups excluding carboxylic acids is 1. The molecule has 1 aliphatic rings. The maximum absolute atomic E-state index is 12.0. The molecule has 2 rings (SSSR count). The molecular formula is C14H17Cl2NO3S2. The second-order valence-corrected chi connectivity index (χ2v) is 9.63. The molecule has 4 nitrogen and oxygen atoms in total. The van der Waals surface area contributed by atoms with Crippen LogP contribution in [0.2, 0.25) is 10.0 Å². The predicted molar refractivity (Wildman–Crippen MR) is 92.5 cm³/mol. The second-order valence-electron chi connectivity index (χ2n) is 5.30. The van der Waals surface area contributed by atoms with Crippen LogP contribution in [0.1, 0.15) is 24.9 Å². The molecular weight excluding hydrogens is 365 g/mol. The number of sulfone groups is 1. The molecule has 0 radical (unpaired) electrons. The van der Waals surface area contributed by atoms with Crippen LogP contribution in [0.25, 0.3) is 0 Å². The van der Waals surface area contributed by atoms with Gasteiger partial charge in [0.1, 0.15) is 0 Å². The number of rotatable bonds is 5. The molecule has 122 valence electrons. The van der Waals surface area contributed by atoms with Crippen molar-refractivity contribution in [3.63, 3.8) is 0 Å². The Hall–Kier alpha value is -0.430. The lowest BCUT2D eigenvalue weighted by Crippen LogP contribution is -2.29. The zero-order chi connectivity index (χ0) is 16.3. The second kappa shape index (κ2) is 7.43. The van der Waals surface area contributed by atoms with Crippen LogP contribution in [0.5, 0.6) is 0 Å². The molecule has 1 saturated heterocycles. The Morgan fingerprint density at radius 3 is 2.73 bits per heavy atom. The summed E-state index contributed by atoms with van der Waals surface area (Å²) in [5, 5.41) is 3.82. The molecule has 0 spiro atoms. The van der Waals surface area contributed by atoms with E-state index in [9.17, 15) is 13.2 Å². The van der Waals surface area contributed by atoms with Crippen LogP contribution in [0.3, 0.4) is 0 Å². The van der Waals surface area contributed by atoms with Gasteiger partial charge >= 0.3 is 0 Å². The Morgan fingerprint density at radius 1 is 1.41 bits per heavy atom. The normalized spacial score (nSPS) is 21.5. The van der Waals surface area contributed by atoms with Crippen molar-refractivity contribution in [2.75, 3.05) is 17.3 Å². The monoisotopic (exact) mass is 381 g/mol. The van der Waals surface area contributed by atoms with Crippen molar-refractivity contribution in [1.82, 2.24) is 5.32 Å². The van der Waals surface area contributed by atoms with Crippen LogP contribution in [-0.4, -0.2) is 36.8 Å². The molecule has 1 aromatic carbocycles. The fourth-order valence-electron chi connectivity index (χ4n) is 2.23. The third kappa shape index (κ3) is 5.05. The zero-order valence-electron chi connectivity index (χ0n) is 12.0. The molecule has 8 heteroatoms. The molecule has 0 saturated carbocycles. The lowest BCUT2D eigenvalue weighted by Gasteiger charge is -2.15. The number of hydrogen-bond acceptors (Lipinski definition) is 4. The largest absolute Gasteiger partial charge is 0.349 e. The van der Waals surface area contributed by atoms with E-state index in [1.54, 1.807) is 12.1 Å².